The number of carbonyl (C=O) groups is 1. The summed E-state index contributed by atoms with van der Waals surface area (Å²) in [5.74, 6) is 0.205. The summed E-state index contributed by atoms with van der Waals surface area (Å²) in [5.41, 5.74) is 10.2. The molecule has 0 bridgehead atoms. The topological polar surface area (TPSA) is 137 Å². The maximum absolute atomic E-state index is 12.8. The number of nitrogen functional groups attached to an aromatic ring is 1. The Labute approximate surface area is 232 Å². The number of allylic oxidation sites excluding steroid dienone is 1. The monoisotopic (exact) mass is 558 g/mol. The number of aromatic nitrogens is 2. The van der Waals surface area contributed by atoms with Crippen molar-refractivity contribution in [3.05, 3.63) is 70.2 Å². The number of amides is 1. The molecule has 0 unspecified atom stereocenters. The zero-order valence-electron chi connectivity index (χ0n) is 21.5. The maximum atomic E-state index is 12.8. The van der Waals surface area contributed by atoms with E-state index in [1.54, 1.807) is 18.0 Å². The van der Waals surface area contributed by atoms with Crippen molar-refractivity contribution in [2.75, 3.05) is 50.4 Å². The lowest BCUT2D eigenvalue weighted by molar-refractivity contribution is 0.0932. The fourth-order valence-electron chi connectivity index (χ4n) is 3.95. The average Bonchev–Trinajstić information content (AvgIpc) is 2.95. The standard InChI is InChI=1S/C27H35ClN6O3S/c1-3-20(38-24(4-2)22-7-5-6-10-30-22)16-34-11-8-18(9-12-34)14-32-27(37)23-13-21(29)25(28)26(33-23)31-15-19(36)17-35/h3,5-7,10,13,18-19,35-36H,2,8-9,11-12,14-17H2,1H3,(H,32,37)(H3,29,31,33)/b20-3-/t19-/m1/s1. The first kappa shape index (κ1) is 29.7. The van der Waals surface area contributed by atoms with E-state index in [1.165, 1.54) is 11.0 Å². The summed E-state index contributed by atoms with van der Waals surface area (Å²) in [5, 5.41) is 24.5. The summed E-state index contributed by atoms with van der Waals surface area (Å²) in [6.45, 7) is 8.73. The number of aliphatic hydroxyl groups excluding tert-OH is 2. The van der Waals surface area contributed by atoms with Crippen molar-refractivity contribution in [3.63, 3.8) is 0 Å². The fourth-order valence-corrected chi connectivity index (χ4v) is 5.04. The lowest BCUT2D eigenvalue weighted by Gasteiger charge is -2.32. The van der Waals surface area contributed by atoms with Crippen LogP contribution >= 0.6 is 23.4 Å². The van der Waals surface area contributed by atoms with E-state index < -0.39 is 12.7 Å². The largest absolute Gasteiger partial charge is 0.397 e. The van der Waals surface area contributed by atoms with E-state index in [4.69, 9.17) is 22.4 Å². The Morgan fingerprint density at radius 1 is 1.39 bits per heavy atom. The van der Waals surface area contributed by atoms with Crippen LogP contribution in [0.1, 0.15) is 35.9 Å². The van der Waals surface area contributed by atoms with Crippen LogP contribution < -0.4 is 16.4 Å². The molecular formula is C27H35ClN6O3S. The van der Waals surface area contributed by atoms with Gasteiger partial charge in [-0.05, 0) is 57.0 Å². The number of likely N-dealkylation sites (tertiary alicyclic amines) is 1. The summed E-state index contributed by atoms with van der Waals surface area (Å²) in [6.07, 6.45) is 4.84. The first-order chi connectivity index (χ1) is 18.3. The first-order valence-electron chi connectivity index (χ1n) is 12.5. The van der Waals surface area contributed by atoms with Crippen LogP contribution in [0.2, 0.25) is 5.02 Å². The Balaban J connectivity index is 1.48. The van der Waals surface area contributed by atoms with Crippen molar-refractivity contribution in [1.29, 1.82) is 0 Å². The minimum Gasteiger partial charge on any atom is -0.397 e. The highest BCUT2D eigenvalue weighted by Crippen LogP contribution is 2.33. The molecule has 1 fully saturated rings. The van der Waals surface area contributed by atoms with Gasteiger partial charge >= 0.3 is 0 Å². The Morgan fingerprint density at radius 2 is 2.16 bits per heavy atom. The molecule has 1 aliphatic heterocycles. The third-order valence-electron chi connectivity index (χ3n) is 6.19. The molecule has 0 radical (unpaired) electrons. The van der Waals surface area contributed by atoms with Gasteiger partial charge in [-0.25, -0.2) is 4.98 Å². The number of nitrogens with one attached hydrogen (secondary N) is 2. The summed E-state index contributed by atoms with van der Waals surface area (Å²) in [6, 6.07) is 7.24. The summed E-state index contributed by atoms with van der Waals surface area (Å²) in [7, 11) is 0. The molecule has 38 heavy (non-hydrogen) atoms. The van der Waals surface area contributed by atoms with Gasteiger partial charge in [0.2, 0.25) is 0 Å². The third kappa shape index (κ3) is 8.59. The molecule has 2 aromatic rings. The molecule has 2 aromatic heterocycles. The van der Waals surface area contributed by atoms with Crippen molar-refractivity contribution < 1.29 is 15.0 Å². The number of carbonyl (C=O) groups excluding carboxylic acids is 1. The Hall–Kier alpha value is -2.85. The van der Waals surface area contributed by atoms with Gasteiger partial charge in [-0.2, -0.15) is 0 Å². The number of piperidine rings is 1. The van der Waals surface area contributed by atoms with E-state index in [0.717, 1.165) is 43.1 Å². The highest BCUT2D eigenvalue weighted by atomic mass is 35.5. The molecule has 0 aromatic carbocycles. The number of aliphatic hydroxyl groups is 2. The van der Waals surface area contributed by atoms with Gasteiger partial charge in [0.05, 0.1) is 29.0 Å². The molecule has 3 heterocycles. The van der Waals surface area contributed by atoms with Gasteiger partial charge in [0, 0.05) is 30.7 Å². The Bertz CT molecular complexity index is 1160. The number of rotatable bonds is 12. The lowest BCUT2D eigenvalue weighted by atomic mass is 9.96. The van der Waals surface area contributed by atoms with Crippen LogP contribution in [0.3, 0.4) is 0 Å². The fraction of sp³-hybridized carbons (Fsp3) is 0.407. The molecule has 0 aliphatic carbocycles. The summed E-state index contributed by atoms with van der Waals surface area (Å²) < 4.78 is 0. The molecule has 9 nitrogen and oxygen atoms in total. The van der Waals surface area contributed by atoms with Gasteiger partial charge in [-0.1, -0.05) is 42.1 Å². The zero-order chi connectivity index (χ0) is 27.5. The van der Waals surface area contributed by atoms with Crippen molar-refractivity contribution in [2.45, 2.75) is 25.9 Å². The van der Waals surface area contributed by atoms with E-state index >= 15 is 0 Å². The van der Waals surface area contributed by atoms with E-state index in [2.05, 4.69) is 43.9 Å². The number of pyridine rings is 2. The van der Waals surface area contributed by atoms with Gasteiger partial charge in [0.1, 0.15) is 16.5 Å². The number of nitrogens with zero attached hydrogens (tertiary/aromatic N) is 3. The predicted molar refractivity (Wildman–Crippen MR) is 155 cm³/mol. The number of halogens is 1. The van der Waals surface area contributed by atoms with Crippen LogP contribution in [-0.4, -0.2) is 76.4 Å². The Kier molecular flexibility index (Phi) is 11.7. The quantitative estimate of drug-likeness (QED) is 0.248. The van der Waals surface area contributed by atoms with Gasteiger partial charge in [0.15, 0.2) is 0 Å². The Morgan fingerprint density at radius 3 is 2.79 bits per heavy atom. The van der Waals surface area contributed by atoms with Crippen LogP contribution in [-0.2, 0) is 0 Å². The third-order valence-corrected chi connectivity index (χ3v) is 7.77. The van der Waals surface area contributed by atoms with Gasteiger partial charge in [-0.3, -0.25) is 14.7 Å². The number of hydrogen-bond donors (Lipinski definition) is 5. The molecule has 11 heteroatoms. The second kappa shape index (κ2) is 14.9. The molecule has 1 saturated heterocycles. The van der Waals surface area contributed by atoms with Gasteiger partial charge < -0.3 is 26.6 Å². The molecule has 6 N–H and O–H groups in total. The minimum atomic E-state index is -0.985. The molecule has 1 amide bonds. The first-order valence-corrected chi connectivity index (χ1v) is 13.7. The number of anilines is 2. The van der Waals surface area contributed by atoms with Gasteiger partial charge in [-0.15, -0.1) is 5.73 Å². The number of hydrogen-bond acceptors (Lipinski definition) is 9. The maximum Gasteiger partial charge on any atom is 0.270 e. The molecule has 204 valence electrons. The van der Waals surface area contributed by atoms with Crippen LogP contribution in [0.25, 0.3) is 4.91 Å². The van der Waals surface area contributed by atoms with E-state index in [1.807, 2.05) is 25.1 Å². The summed E-state index contributed by atoms with van der Waals surface area (Å²) >= 11 is 7.82. The van der Waals surface area contributed by atoms with Crippen molar-refractivity contribution in [2.24, 2.45) is 5.92 Å². The normalized spacial score (nSPS) is 15.5. The lowest BCUT2D eigenvalue weighted by Crippen LogP contribution is -2.39. The smallest absolute Gasteiger partial charge is 0.270 e. The van der Waals surface area contributed by atoms with Crippen LogP contribution in [0.5, 0.6) is 0 Å². The van der Waals surface area contributed by atoms with E-state index in [-0.39, 0.29) is 34.7 Å². The number of thioether (sulfide) groups is 1. The van der Waals surface area contributed by atoms with Crippen molar-refractivity contribution in [3.8, 4) is 0 Å². The second-order valence-corrected chi connectivity index (χ2v) is 10.5. The molecule has 1 aliphatic rings. The van der Waals surface area contributed by atoms with Crippen LogP contribution in [0, 0.1) is 5.92 Å². The molecule has 0 spiro atoms. The molecule has 0 saturated carbocycles. The van der Waals surface area contributed by atoms with Gasteiger partial charge in [0.25, 0.3) is 5.91 Å². The van der Waals surface area contributed by atoms with Crippen LogP contribution in [0.4, 0.5) is 11.5 Å². The van der Waals surface area contributed by atoms with E-state index in [9.17, 15) is 9.90 Å². The second-order valence-electron chi connectivity index (χ2n) is 8.98. The predicted octanol–water partition coefficient (Wildman–Crippen LogP) is 3.38. The molecule has 3 rings (SSSR count). The van der Waals surface area contributed by atoms with Crippen molar-refractivity contribution in [1.82, 2.24) is 20.2 Å². The van der Waals surface area contributed by atoms with E-state index in [0.29, 0.717) is 12.5 Å². The highest BCUT2D eigenvalue weighted by molar-refractivity contribution is 8.11. The average molecular weight is 559 g/mol. The molecular weight excluding hydrogens is 524 g/mol. The highest BCUT2D eigenvalue weighted by Gasteiger charge is 2.22. The zero-order valence-corrected chi connectivity index (χ0v) is 23.1. The summed E-state index contributed by atoms with van der Waals surface area (Å²) in [4.78, 5) is 26.0. The minimum absolute atomic E-state index is 0.0219. The number of nitrogens with two attached hydrogens (primary N) is 1. The van der Waals surface area contributed by atoms with Crippen LogP contribution in [0.15, 0.2) is 53.8 Å². The van der Waals surface area contributed by atoms with Crippen molar-refractivity contribution >= 4 is 45.7 Å². The SMILES string of the molecule is C=C=C(S/C(=C\C)CN1CCC(CNC(=O)c2cc(N)c(Cl)c(NC[C@@H](O)CO)n2)CC1)c1ccccn1. The molecule has 1 atom stereocenters.